The van der Waals surface area contributed by atoms with Crippen LogP contribution in [0.25, 0.3) is 10.9 Å². The molecule has 0 aliphatic carbocycles. The molecule has 3 aromatic rings. The standard InChI is InChI=1S/C9H7N.C4H6N2/c1-2-6-9-8(4-1)5-3-7-10-9;1-4-5-2-3-6-4/h1-7H;2-3H,1H3,(H,5,6). The topological polar surface area (TPSA) is 41.6 Å². The van der Waals surface area contributed by atoms with Crippen molar-refractivity contribution in [2.24, 2.45) is 0 Å². The number of aromatic amines is 1. The zero-order valence-electron chi connectivity index (χ0n) is 9.09. The van der Waals surface area contributed by atoms with E-state index in [0.29, 0.717) is 0 Å². The van der Waals surface area contributed by atoms with E-state index in [9.17, 15) is 0 Å². The van der Waals surface area contributed by atoms with Crippen LogP contribution in [0, 0.1) is 6.92 Å². The highest BCUT2D eigenvalue weighted by atomic mass is 14.9. The Labute approximate surface area is 94.2 Å². The lowest BCUT2D eigenvalue weighted by Crippen LogP contribution is -1.73. The highest BCUT2D eigenvalue weighted by molar-refractivity contribution is 5.77. The lowest BCUT2D eigenvalue weighted by Gasteiger charge is -1.91. The smallest absolute Gasteiger partial charge is 0.102 e. The maximum Gasteiger partial charge on any atom is 0.102 e. The van der Waals surface area contributed by atoms with E-state index in [0.717, 1.165) is 11.3 Å². The minimum absolute atomic E-state index is 0.968. The molecule has 80 valence electrons. The Balaban J connectivity index is 0.000000138. The molecule has 0 saturated heterocycles. The van der Waals surface area contributed by atoms with E-state index in [4.69, 9.17) is 0 Å². The second-order valence-electron chi connectivity index (χ2n) is 3.37. The second kappa shape index (κ2) is 5.07. The zero-order valence-corrected chi connectivity index (χ0v) is 9.09. The number of hydrogen-bond donors (Lipinski definition) is 1. The maximum absolute atomic E-state index is 4.18. The van der Waals surface area contributed by atoms with Crippen molar-refractivity contribution in [2.45, 2.75) is 6.92 Å². The average molecular weight is 211 g/mol. The van der Waals surface area contributed by atoms with Crippen molar-refractivity contribution < 1.29 is 0 Å². The number of nitrogens with one attached hydrogen (secondary N) is 1. The van der Waals surface area contributed by atoms with Gasteiger partial charge in [0.1, 0.15) is 5.82 Å². The number of pyridine rings is 1. The molecule has 0 saturated carbocycles. The quantitative estimate of drug-likeness (QED) is 0.621. The molecule has 0 unspecified atom stereocenters. The minimum atomic E-state index is 0.968. The highest BCUT2D eigenvalue weighted by Gasteiger charge is 1.86. The molecule has 2 heterocycles. The molecule has 0 bridgehead atoms. The highest BCUT2D eigenvalue weighted by Crippen LogP contribution is 2.07. The molecule has 1 aromatic carbocycles. The van der Waals surface area contributed by atoms with Gasteiger partial charge in [-0.2, -0.15) is 0 Å². The molecule has 0 fully saturated rings. The average Bonchev–Trinajstić information content (AvgIpc) is 2.81. The molecule has 16 heavy (non-hydrogen) atoms. The molecule has 0 atom stereocenters. The summed E-state index contributed by atoms with van der Waals surface area (Å²) >= 11 is 0. The van der Waals surface area contributed by atoms with Crippen LogP contribution in [0.2, 0.25) is 0 Å². The van der Waals surface area contributed by atoms with Gasteiger partial charge in [-0.3, -0.25) is 4.98 Å². The van der Waals surface area contributed by atoms with Gasteiger partial charge in [0.15, 0.2) is 0 Å². The Bertz CT molecular complexity index is 478. The number of imidazole rings is 1. The van der Waals surface area contributed by atoms with E-state index < -0.39 is 0 Å². The molecule has 0 aliphatic rings. The van der Waals surface area contributed by atoms with Gasteiger partial charge in [-0.25, -0.2) is 4.98 Å². The van der Waals surface area contributed by atoms with Crippen molar-refractivity contribution in [1.82, 2.24) is 15.0 Å². The summed E-state index contributed by atoms with van der Waals surface area (Å²) in [5.74, 6) is 0.968. The molecule has 3 heteroatoms. The third kappa shape index (κ3) is 2.67. The van der Waals surface area contributed by atoms with Gasteiger partial charge in [-0.1, -0.05) is 24.3 Å². The summed E-state index contributed by atoms with van der Waals surface area (Å²) in [5, 5.41) is 1.20. The predicted octanol–water partition coefficient (Wildman–Crippen LogP) is 2.95. The van der Waals surface area contributed by atoms with Crippen LogP contribution in [0.4, 0.5) is 0 Å². The van der Waals surface area contributed by atoms with E-state index in [1.165, 1.54) is 5.39 Å². The largest absolute Gasteiger partial charge is 0.349 e. The number of aryl methyl sites for hydroxylation is 1. The van der Waals surface area contributed by atoms with Crippen LogP contribution in [-0.2, 0) is 0 Å². The number of nitrogens with zero attached hydrogens (tertiary/aromatic N) is 2. The van der Waals surface area contributed by atoms with E-state index in [1.54, 1.807) is 12.4 Å². The van der Waals surface area contributed by atoms with Crippen molar-refractivity contribution in [3.63, 3.8) is 0 Å². The lowest BCUT2D eigenvalue weighted by atomic mass is 10.2. The Morgan fingerprint density at radius 3 is 2.38 bits per heavy atom. The van der Waals surface area contributed by atoms with Crippen LogP contribution in [0.15, 0.2) is 55.0 Å². The normalized spacial score (nSPS) is 9.56. The van der Waals surface area contributed by atoms with E-state index in [1.807, 2.05) is 37.4 Å². The number of H-pyrrole nitrogens is 1. The molecule has 3 rings (SSSR count). The van der Waals surface area contributed by atoms with Gasteiger partial charge >= 0.3 is 0 Å². The first-order chi connectivity index (χ1) is 7.86. The van der Waals surface area contributed by atoms with E-state index in [2.05, 4.69) is 27.1 Å². The summed E-state index contributed by atoms with van der Waals surface area (Å²) in [6.45, 7) is 1.92. The van der Waals surface area contributed by atoms with Crippen LogP contribution in [0.5, 0.6) is 0 Å². The molecule has 3 nitrogen and oxygen atoms in total. The first kappa shape index (κ1) is 10.4. The fourth-order valence-electron chi connectivity index (χ4n) is 1.36. The Morgan fingerprint density at radius 1 is 0.938 bits per heavy atom. The Morgan fingerprint density at radius 2 is 1.75 bits per heavy atom. The van der Waals surface area contributed by atoms with Crippen LogP contribution < -0.4 is 0 Å². The predicted molar refractivity (Wildman–Crippen MR) is 65.1 cm³/mol. The summed E-state index contributed by atoms with van der Waals surface area (Å²) < 4.78 is 0. The van der Waals surface area contributed by atoms with Crippen LogP contribution in [-0.4, -0.2) is 15.0 Å². The molecular formula is C13H13N3. The summed E-state index contributed by atoms with van der Waals surface area (Å²) in [5.41, 5.74) is 1.06. The van der Waals surface area contributed by atoms with Gasteiger partial charge in [0.25, 0.3) is 0 Å². The Kier molecular flexibility index (Phi) is 3.28. The van der Waals surface area contributed by atoms with Gasteiger partial charge in [0.2, 0.25) is 0 Å². The monoisotopic (exact) mass is 211 g/mol. The summed E-state index contributed by atoms with van der Waals surface area (Å²) in [4.78, 5) is 10.9. The number of aromatic nitrogens is 3. The van der Waals surface area contributed by atoms with Gasteiger partial charge in [0.05, 0.1) is 5.52 Å². The first-order valence-electron chi connectivity index (χ1n) is 5.12. The molecule has 2 aromatic heterocycles. The molecular weight excluding hydrogens is 198 g/mol. The molecule has 0 radical (unpaired) electrons. The lowest BCUT2D eigenvalue weighted by molar-refractivity contribution is 1.15. The summed E-state index contributed by atoms with van der Waals surface area (Å²) in [6, 6.07) is 12.1. The summed E-state index contributed by atoms with van der Waals surface area (Å²) in [6.07, 6.45) is 5.34. The van der Waals surface area contributed by atoms with Gasteiger partial charge in [-0.15, -0.1) is 0 Å². The fourth-order valence-corrected chi connectivity index (χ4v) is 1.36. The van der Waals surface area contributed by atoms with Crippen molar-refractivity contribution in [2.75, 3.05) is 0 Å². The number of fused-ring (bicyclic) bond motifs is 1. The molecule has 0 amide bonds. The van der Waals surface area contributed by atoms with Crippen molar-refractivity contribution in [1.29, 1.82) is 0 Å². The van der Waals surface area contributed by atoms with Crippen molar-refractivity contribution in [3.8, 4) is 0 Å². The third-order valence-electron chi connectivity index (χ3n) is 2.15. The number of hydrogen-bond acceptors (Lipinski definition) is 2. The first-order valence-corrected chi connectivity index (χ1v) is 5.12. The SMILES string of the molecule is Cc1ncc[nH]1.c1ccc2ncccc2c1. The van der Waals surface area contributed by atoms with Crippen LogP contribution >= 0.6 is 0 Å². The van der Waals surface area contributed by atoms with Gasteiger partial charge < -0.3 is 4.98 Å². The van der Waals surface area contributed by atoms with Crippen LogP contribution in [0.1, 0.15) is 5.82 Å². The number of rotatable bonds is 0. The summed E-state index contributed by atoms with van der Waals surface area (Å²) in [7, 11) is 0. The van der Waals surface area contributed by atoms with E-state index >= 15 is 0 Å². The molecule has 0 aliphatic heterocycles. The Hall–Kier alpha value is -2.16. The molecule has 0 spiro atoms. The van der Waals surface area contributed by atoms with Gasteiger partial charge in [0, 0.05) is 24.0 Å². The molecule has 1 N–H and O–H groups in total. The van der Waals surface area contributed by atoms with E-state index in [-0.39, 0.29) is 0 Å². The third-order valence-corrected chi connectivity index (χ3v) is 2.15. The number of benzene rings is 1. The van der Waals surface area contributed by atoms with Crippen molar-refractivity contribution >= 4 is 10.9 Å². The van der Waals surface area contributed by atoms with Crippen LogP contribution in [0.3, 0.4) is 0 Å². The fraction of sp³-hybridized carbons (Fsp3) is 0.0769. The zero-order chi connectivity index (χ0) is 11.2. The second-order valence-corrected chi connectivity index (χ2v) is 3.37. The van der Waals surface area contributed by atoms with Gasteiger partial charge in [-0.05, 0) is 19.1 Å². The number of para-hydroxylation sites is 1. The minimum Gasteiger partial charge on any atom is -0.349 e. The van der Waals surface area contributed by atoms with Crippen molar-refractivity contribution in [3.05, 3.63) is 60.8 Å². The maximum atomic E-state index is 4.18.